The molecule has 0 radical (unpaired) electrons. The van der Waals surface area contributed by atoms with Crippen molar-refractivity contribution in [3.63, 3.8) is 0 Å². The normalized spacial score (nSPS) is 17.3. The molecule has 2 N–H and O–H groups in total. The molecule has 11 heavy (non-hydrogen) atoms. The molecule has 0 saturated carbocycles. The molecule has 0 bridgehead atoms. The fourth-order valence-corrected chi connectivity index (χ4v) is 1.11. The standard InChI is InChI=1S/C9H15NO/c1-8-2-4-9(5-3-8)10-6-7-11/h2,4,10-11H,3,5-7H2,1H3. The fraction of sp³-hybridized carbons (Fsp3) is 0.556. The number of aliphatic hydroxyl groups excluding tert-OH is 1. The maximum Gasteiger partial charge on any atom is 0.0603 e. The summed E-state index contributed by atoms with van der Waals surface area (Å²) >= 11 is 0. The minimum atomic E-state index is 0.208. The second-order valence-electron chi connectivity index (χ2n) is 2.86. The number of allylic oxidation sites excluding steroid dienone is 4. The van der Waals surface area contributed by atoms with E-state index in [-0.39, 0.29) is 6.61 Å². The number of rotatable bonds is 3. The molecule has 0 unspecified atom stereocenters. The van der Waals surface area contributed by atoms with Crippen molar-refractivity contribution in [2.75, 3.05) is 13.2 Å². The molecule has 0 aromatic carbocycles. The Kier molecular flexibility index (Phi) is 3.17. The molecule has 2 heteroatoms. The molecule has 1 rings (SSSR count). The van der Waals surface area contributed by atoms with Gasteiger partial charge in [0.2, 0.25) is 0 Å². The third-order valence-corrected chi connectivity index (χ3v) is 1.82. The summed E-state index contributed by atoms with van der Waals surface area (Å²) < 4.78 is 0. The molecule has 1 aliphatic carbocycles. The Bertz CT molecular complexity index is 182. The van der Waals surface area contributed by atoms with E-state index in [0.717, 1.165) is 12.8 Å². The Hall–Kier alpha value is -0.760. The van der Waals surface area contributed by atoms with Crippen LogP contribution in [0.4, 0.5) is 0 Å². The molecule has 0 aromatic heterocycles. The van der Waals surface area contributed by atoms with Gasteiger partial charge in [-0.1, -0.05) is 11.6 Å². The summed E-state index contributed by atoms with van der Waals surface area (Å²) in [6, 6.07) is 0. The third kappa shape index (κ3) is 2.76. The SMILES string of the molecule is CC1=CC=C(NCCO)CC1. The quantitative estimate of drug-likeness (QED) is 0.638. The minimum Gasteiger partial charge on any atom is -0.395 e. The van der Waals surface area contributed by atoms with Crippen LogP contribution in [0.25, 0.3) is 0 Å². The molecule has 0 saturated heterocycles. The van der Waals surface area contributed by atoms with Crippen LogP contribution in [0, 0.1) is 0 Å². The van der Waals surface area contributed by atoms with E-state index in [1.807, 2.05) is 0 Å². The Morgan fingerprint density at radius 2 is 2.27 bits per heavy atom. The van der Waals surface area contributed by atoms with Crippen molar-refractivity contribution in [1.82, 2.24) is 5.32 Å². The highest BCUT2D eigenvalue weighted by atomic mass is 16.3. The molecular weight excluding hydrogens is 138 g/mol. The van der Waals surface area contributed by atoms with Gasteiger partial charge in [0, 0.05) is 12.2 Å². The first kappa shape index (κ1) is 8.34. The average molecular weight is 153 g/mol. The number of nitrogens with one attached hydrogen (secondary N) is 1. The monoisotopic (exact) mass is 153 g/mol. The molecule has 0 amide bonds. The zero-order valence-electron chi connectivity index (χ0n) is 6.93. The van der Waals surface area contributed by atoms with Gasteiger partial charge in [-0.25, -0.2) is 0 Å². The lowest BCUT2D eigenvalue weighted by molar-refractivity contribution is 0.296. The van der Waals surface area contributed by atoms with Crippen molar-refractivity contribution < 1.29 is 5.11 Å². The smallest absolute Gasteiger partial charge is 0.0603 e. The van der Waals surface area contributed by atoms with Crippen LogP contribution in [0.15, 0.2) is 23.4 Å². The molecule has 0 aromatic rings. The fourth-order valence-electron chi connectivity index (χ4n) is 1.11. The lowest BCUT2D eigenvalue weighted by Gasteiger charge is -2.13. The highest BCUT2D eigenvalue weighted by Gasteiger charge is 2.00. The van der Waals surface area contributed by atoms with E-state index >= 15 is 0 Å². The van der Waals surface area contributed by atoms with Crippen LogP contribution < -0.4 is 5.32 Å². The largest absolute Gasteiger partial charge is 0.395 e. The first-order valence-electron chi connectivity index (χ1n) is 4.04. The molecule has 0 aliphatic heterocycles. The molecule has 0 spiro atoms. The van der Waals surface area contributed by atoms with Gasteiger partial charge in [-0.05, 0) is 25.8 Å². The summed E-state index contributed by atoms with van der Waals surface area (Å²) in [6.45, 7) is 3.01. The van der Waals surface area contributed by atoms with Crippen molar-refractivity contribution in [3.05, 3.63) is 23.4 Å². The zero-order chi connectivity index (χ0) is 8.10. The van der Waals surface area contributed by atoms with Gasteiger partial charge in [0.1, 0.15) is 0 Å². The summed E-state index contributed by atoms with van der Waals surface area (Å²) in [4.78, 5) is 0. The van der Waals surface area contributed by atoms with Gasteiger partial charge in [0.15, 0.2) is 0 Å². The van der Waals surface area contributed by atoms with Crippen molar-refractivity contribution >= 4 is 0 Å². The second kappa shape index (κ2) is 4.19. The van der Waals surface area contributed by atoms with Crippen molar-refractivity contribution in [2.45, 2.75) is 19.8 Å². The Labute approximate surface area is 67.6 Å². The maximum atomic E-state index is 8.54. The van der Waals surface area contributed by atoms with E-state index in [4.69, 9.17) is 5.11 Å². The van der Waals surface area contributed by atoms with Gasteiger partial charge < -0.3 is 10.4 Å². The molecule has 2 nitrogen and oxygen atoms in total. The number of hydrogen-bond acceptors (Lipinski definition) is 2. The van der Waals surface area contributed by atoms with E-state index in [1.165, 1.54) is 11.3 Å². The first-order chi connectivity index (χ1) is 5.33. The van der Waals surface area contributed by atoms with Gasteiger partial charge in [-0.2, -0.15) is 0 Å². The highest BCUT2D eigenvalue weighted by Crippen LogP contribution is 2.14. The Morgan fingerprint density at radius 1 is 1.45 bits per heavy atom. The van der Waals surface area contributed by atoms with Crippen molar-refractivity contribution in [1.29, 1.82) is 0 Å². The molecule has 1 aliphatic rings. The van der Waals surface area contributed by atoms with E-state index in [0.29, 0.717) is 6.54 Å². The van der Waals surface area contributed by atoms with Gasteiger partial charge in [-0.15, -0.1) is 0 Å². The van der Waals surface area contributed by atoms with Gasteiger partial charge >= 0.3 is 0 Å². The highest BCUT2D eigenvalue weighted by molar-refractivity contribution is 5.21. The molecule has 0 fully saturated rings. The van der Waals surface area contributed by atoms with Crippen LogP contribution in [0.1, 0.15) is 19.8 Å². The second-order valence-corrected chi connectivity index (χ2v) is 2.86. The topological polar surface area (TPSA) is 32.3 Å². The predicted molar refractivity (Wildman–Crippen MR) is 46.2 cm³/mol. The molecular formula is C9H15NO. The first-order valence-corrected chi connectivity index (χ1v) is 4.04. The van der Waals surface area contributed by atoms with Crippen LogP contribution in [-0.2, 0) is 0 Å². The van der Waals surface area contributed by atoms with E-state index in [2.05, 4.69) is 24.4 Å². The van der Waals surface area contributed by atoms with E-state index in [9.17, 15) is 0 Å². The summed E-state index contributed by atoms with van der Waals surface area (Å²) in [6.07, 6.45) is 6.45. The average Bonchev–Trinajstić information content (AvgIpc) is 2.04. The number of aliphatic hydroxyl groups is 1. The Morgan fingerprint density at radius 3 is 2.82 bits per heavy atom. The van der Waals surface area contributed by atoms with Crippen molar-refractivity contribution in [3.8, 4) is 0 Å². The summed E-state index contributed by atoms with van der Waals surface area (Å²) in [5.74, 6) is 0. The van der Waals surface area contributed by atoms with Gasteiger partial charge in [0.05, 0.1) is 6.61 Å². The van der Waals surface area contributed by atoms with Crippen LogP contribution >= 0.6 is 0 Å². The summed E-state index contributed by atoms with van der Waals surface area (Å²) in [5, 5.41) is 11.7. The van der Waals surface area contributed by atoms with Crippen LogP contribution in [0.3, 0.4) is 0 Å². The van der Waals surface area contributed by atoms with Crippen LogP contribution in [0.5, 0.6) is 0 Å². The number of hydrogen-bond donors (Lipinski definition) is 2. The maximum absolute atomic E-state index is 8.54. The Balaban J connectivity index is 2.35. The van der Waals surface area contributed by atoms with Crippen LogP contribution in [0.2, 0.25) is 0 Å². The van der Waals surface area contributed by atoms with Crippen molar-refractivity contribution in [2.24, 2.45) is 0 Å². The summed E-state index contributed by atoms with van der Waals surface area (Å²) in [5.41, 5.74) is 2.67. The summed E-state index contributed by atoms with van der Waals surface area (Å²) in [7, 11) is 0. The van der Waals surface area contributed by atoms with Gasteiger partial charge in [0.25, 0.3) is 0 Å². The molecule has 62 valence electrons. The predicted octanol–water partition coefficient (Wildman–Crippen LogP) is 1.19. The lowest BCUT2D eigenvalue weighted by Crippen LogP contribution is -2.18. The molecule has 0 heterocycles. The van der Waals surface area contributed by atoms with E-state index < -0.39 is 0 Å². The lowest BCUT2D eigenvalue weighted by atomic mass is 10.0. The van der Waals surface area contributed by atoms with E-state index in [1.54, 1.807) is 0 Å². The molecule has 0 atom stereocenters. The zero-order valence-corrected chi connectivity index (χ0v) is 6.93. The van der Waals surface area contributed by atoms with Gasteiger partial charge in [-0.3, -0.25) is 0 Å². The van der Waals surface area contributed by atoms with Crippen LogP contribution in [-0.4, -0.2) is 18.3 Å². The minimum absolute atomic E-state index is 0.208. The third-order valence-electron chi connectivity index (χ3n) is 1.82.